The van der Waals surface area contributed by atoms with Gasteiger partial charge in [-0.05, 0) is 30.0 Å². The van der Waals surface area contributed by atoms with Crippen LogP contribution in [0.2, 0.25) is 0 Å². The van der Waals surface area contributed by atoms with Crippen LogP contribution in [0.15, 0.2) is 21.7 Å². The van der Waals surface area contributed by atoms with Gasteiger partial charge in [0, 0.05) is 13.4 Å². The van der Waals surface area contributed by atoms with E-state index in [1.165, 1.54) is 7.11 Å². The van der Waals surface area contributed by atoms with Crippen LogP contribution in [0.25, 0.3) is 10.9 Å². The molecule has 0 spiro atoms. The Morgan fingerprint density at radius 1 is 1.28 bits per heavy atom. The van der Waals surface area contributed by atoms with Gasteiger partial charge in [-0.3, -0.25) is 4.79 Å². The molecule has 0 aliphatic heterocycles. The molecule has 1 amide bonds. The van der Waals surface area contributed by atoms with Crippen molar-refractivity contribution in [3.8, 4) is 0 Å². The lowest BCUT2D eigenvalue weighted by Gasteiger charge is -2.22. The number of aromatic nitrogens is 2. The zero-order valence-corrected chi connectivity index (χ0v) is 18.9. The van der Waals surface area contributed by atoms with E-state index in [1.54, 1.807) is 20.8 Å². The van der Waals surface area contributed by atoms with Crippen molar-refractivity contribution >= 4 is 28.0 Å². The monoisotopic (exact) mass is 479 g/mol. The Kier molecular flexibility index (Phi) is 7.88. The molecule has 0 fully saturated rings. The van der Waals surface area contributed by atoms with Crippen LogP contribution in [0.3, 0.4) is 0 Å². The second-order valence-corrected chi connectivity index (χ2v) is 8.52. The van der Waals surface area contributed by atoms with Crippen molar-refractivity contribution in [3.63, 3.8) is 0 Å². The molecule has 0 aliphatic carbocycles. The first kappa shape index (κ1) is 25.6. The highest BCUT2D eigenvalue weighted by Gasteiger charge is 2.36. The van der Waals surface area contributed by atoms with Crippen LogP contribution in [0.4, 0.5) is 18.0 Å². The molecular weight excluding hydrogens is 455 g/mol. The molecule has 1 aromatic carbocycles. The van der Waals surface area contributed by atoms with Crippen LogP contribution >= 0.6 is 0 Å². The third-order valence-electron chi connectivity index (χ3n) is 4.48. The number of halogens is 3. The number of H-pyrrole nitrogens is 1. The largest absolute Gasteiger partial charge is 0.447 e. The molecule has 0 saturated carbocycles. The molecule has 1 aromatic heterocycles. The summed E-state index contributed by atoms with van der Waals surface area (Å²) in [6.07, 6.45) is -5.76. The van der Waals surface area contributed by atoms with Crippen molar-refractivity contribution in [1.29, 1.82) is 0 Å². The number of hydrogen-bond donors (Lipinski definition) is 1. The maximum atomic E-state index is 13.6. The molecule has 9 nitrogen and oxygen atoms in total. The molecule has 0 aliphatic rings. The van der Waals surface area contributed by atoms with Crippen molar-refractivity contribution in [3.05, 3.63) is 44.1 Å². The number of carbonyl (C=O) groups is 1. The molecule has 1 N–H and O–H groups in total. The zero-order chi connectivity index (χ0) is 24.4. The number of carbonyl (C=O) groups excluding carboxylic acids is 1. The van der Waals surface area contributed by atoms with Gasteiger partial charge in [0.15, 0.2) is 0 Å². The molecule has 13 heteroatoms. The molecule has 178 valence electrons. The minimum absolute atomic E-state index is 0.0715. The summed E-state index contributed by atoms with van der Waals surface area (Å²) in [5.41, 5.74) is -4.16. The smallest absolute Gasteiger partial charge is 0.442 e. The number of nitrogens with one attached hydrogen (secondary N) is 1. The molecule has 2 rings (SSSR count). The van der Waals surface area contributed by atoms with Crippen LogP contribution in [0.5, 0.6) is 0 Å². The maximum Gasteiger partial charge on any atom is 0.442 e. The number of nitrogens with zero attached hydrogens (tertiary/aromatic N) is 2. The van der Waals surface area contributed by atoms with Crippen LogP contribution in [0.1, 0.15) is 44.4 Å². The summed E-state index contributed by atoms with van der Waals surface area (Å²) in [6.45, 7) is 5.03. The summed E-state index contributed by atoms with van der Waals surface area (Å²) < 4.78 is 63.8. The summed E-state index contributed by atoms with van der Waals surface area (Å²) in [5.74, 6) is -0.0823. The van der Waals surface area contributed by atoms with Gasteiger partial charge in [0.25, 0.3) is 5.56 Å². The number of ether oxygens (including phenoxy) is 2. The van der Waals surface area contributed by atoms with Crippen molar-refractivity contribution < 1.29 is 31.6 Å². The van der Waals surface area contributed by atoms with Gasteiger partial charge in [0.05, 0.1) is 29.2 Å². The first-order valence-corrected chi connectivity index (χ1v) is 11.1. The normalized spacial score (nSPS) is 13.9. The van der Waals surface area contributed by atoms with Crippen LogP contribution < -0.4 is 15.7 Å². The van der Waals surface area contributed by atoms with Gasteiger partial charge in [0.1, 0.15) is 11.0 Å². The Morgan fingerprint density at radius 2 is 1.91 bits per heavy atom. The average molecular weight is 479 g/mol. The maximum absolute atomic E-state index is 13.6. The summed E-state index contributed by atoms with van der Waals surface area (Å²) >= 11 is 0. The van der Waals surface area contributed by atoms with E-state index in [1.807, 2.05) is 0 Å². The predicted molar refractivity (Wildman–Crippen MR) is 112 cm³/mol. The van der Waals surface area contributed by atoms with Crippen LogP contribution in [0, 0.1) is 5.92 Å². The van der Waals surface area contributed by atoms with E-state index in [0.29, 0.717) is 10.5 Å². The molecule has 0 radical (unpaired) electrons. The summed E-state index contributed by atoms with van der Waals surface area (Å²) in [5, 5.41) is -0.324. The molecule has 0 bridgehead atoms. The van der Waals surface area contributed by atoms with Crippen molar-refractivity contribution in [2.45, 2.75) is 39.5 Å². The van der Waals surface area contributed by atoms with E-state index in [-0.39, 0.29) is 34.6 Å². The number of aromatic amines is 1. The number of hydrogen-bond acceptors (Lipinski definition) is 6. The summed E-state index contributed by atoms with van der Waals surface area (Å²) in [7, 11) is -0.969. The van der Waals surface area contributed by atoms with Crippen molar-refractivity contribution in [2.75, 3.05) is 24.4 Å². The third kappa shape index (κ3) is 5.21. The summed E-state index contributed by atoms with van der Waals surface area (Å²) in [6, 6.07) is 1.60. The number of amides is 1. The second-order valence-electron chi connectivity index (χ2n) is 7.33. The van der Waals surface area contributed by atoms with Gasteiger partial charge in [-0.25, -0.2) is 13.8 Å². The Morgan fingerprint density at radius 3 is 2.38 bits per heavy atom. The Labute approximate surface area is 183 Å². The van der Waals surface area contributed by atoms with Gasteiger partial charge in [-0.15, -0.1) is 9.09 Å². The second kappa shape index (κ2) is 9.86. The number of benzene rings is 1. The Bertz CT molecular complexity index is 1140. The molecule has 2 atom stereocenters. The lowest BCUT2D eigenvalue weighted by atomic mass is 9.97. The van der Waals surface area contributed by atoms with E-state index >= 15 is 0 Å². The molecule has 2 unspecified atom stereocenters. The number of fused-ring (bicyclic) bond motifs is 1. The summed E-state index contributed by atoms with van der Waals surface area (Å²) in [4.78, 5) is 40.2. The standard InChI is InChI=1S/C19H24F3N3O6S/c1-6-15(30-4)11-7-12-14(8-13(11)19(20,21)22)23-17(27)24(16(12)26)25(32(5)29)18(28)31-9-10(2)3/h7-8,10,15H,6,9H2,1-5H3,(H,23,27). The van der Waals surface area contributed by atoms with E-state index in [9.17, 15) is 31.8 Å². The minimum atomic E-state index is -4.78. The fourth-order valence-electron chi connectivity index (χ4n) is 3.06. The topological polar surface area (TPSA) is 111 Å². The number of methoxy groups -OCH3 is 1. The van der Waals surface area contributed by atoms with Gasteiger partial charge < -0.3 is 14.5 Å². The lowest BCUT2D eigenvalue weighted by molar-refractivity contribution is -0.139. The zero-order valence-electron chi connectivity index (χ0n) is 18.1. The van der Waals surface area contributed by atoms with Gasteiger partial charge in [0.2, 0.25) is 0 Å². The molecule has 2 aromatic rings. The minimum Gasteiger partial charge on any atom is -0.447 e. The van der Waals surface area contributed by atoms with Gasteiger partial charge in [-0.1, -0.05) is 20.8 Å². The number of rotatable bonds is 7. The van der Waals surface area contributed by atoms with Crippen LogP contribution in [-0.2, 0) is 26.6 Å². The Balaban J connectivity index is 2.82. The predicted octanol–water partition coefficient (Wildman–Crippen LogP) is 2.83. The molecule has 1 heterocycles. The average Bonchev–Trinajstić information content (AvgIpc) is 2.69. The highest BCUT2D eigenvalue weighted by Crippen LogP contribution is 2.38. The van der Waals surface area contributed by atoms with Crippen molar-refractivity contribution in [2.24, 2.45) is 5.92 Å². The highest BCUT2D eigenvalue weighted by molar-refractivity contribution is 7.86. The SMILES string of the molecule is CCC(OC)c1cc2c(=O)n(N(C(=O)OCC(C)C)S(C)=O)c(=O)[nH]c2cc1C(F)(F)F. The Hall–Kier alpha value is -2.67. The fraction of sp³-hybridized carbons (Fsp3) is 0.526. The van der Waals surface area contributed by atoms with E-state index in [0.717, 1.165) is 12.3 Å². The highest BCUT2D eigenvalue weighted by atomic mass is 32.2. The molecule has 0 saturated heterocycles. The van der Waals surface area contributed by atoms with E-state index in [2.05, 4.69) is 4.98 Å². The van der Waals surface area contributed by atoms with Crippen molar-refractivity contribution in [1.82, 2.24) is 9.66 Å². The quantitative estimate of drug-likeness (QED) is 0.654. The first-order valence-electron chi connectivity index (χ1n) is 9.57. The van der Waals surface area contributed by atoms with E-state index < -0.39 is 51.7 Å². The fourth-order valence-corrected chi connectivity index (χ4v) is 3.70. The van der Waals surface area contributed by atoms with Crippen LogP contribution in [-0.4, -0.2) is 39.9 Å². The van der Waals surface area contributed by atoms with Gasteiger partial charge >= 0.3 is 18.0 Å². The van der Waals surface area contributed by atoms with E-state index in [4.69, 9.17) is 9.47 Å². The molecular formula is C19H24F3N3O6S. The first-order chi connectivity index (χ1) is 14.8. The molecule has 32 heavy (non-hydrogen) atoms. The lowest BCUT2D eigenvalue weighted by Crippen LogP contribution is -2.54. The third-order valence-corrected chi connectivity index (χ3v) is 5.27. The van der Waals surface area contributed by atoms with Gasteiger partial charge in [-0.2, -0.15) is 13.2 Å². The number of alkyl halides is 3.